The molecule has 1 atom stereocenters. The number of nitrogens with one attached hydrogen (secondary N) is 1. The fourth-order valence-electron chi connectivity index (χ4n) is 3.68. The topological polar surface area (TPSA) is 47.6 Å². The summed E-state index contributed by atoms with van der Waals surface area (Å²) in [6.07, 6.45) is 4.88. The molecule has 1 aliphatic carbocycles. The van der Waals surface area contributed by atoms with Crippen molar-refractivity contribution in [1.29, 1.82) is 0 Å². The van der Waals surface area contributed by atoms with Gasteiger partial charge in [-0.2, -0.15) is 0 Å². The lowest BCUT2D eigenvalue weighted by Crippen LogP contribution is -2.39. The Morgan fingerprint density at radius 2 is 1.86 bits per heavy atom. The second kappa shape index (κ2) is 9.63. The minimum absolute atomic E-state index is 0.0931. The molecule has 28 heavy (non-hydrogen) atoms. The molecule has 3 rings (SSSR count). The molecule has 4 heteroatoms. The molecule has 150 valence electrons. The summed E-state index contributed by atoms with van der Waals surface area (Å²) in [7, 11) is 0. The van der Waals surface area contributed by atoms with Crippen molar-refractivity contribution < 1.29 is 14.3 Å². The molecule has 0 heterocycles. The minimum Gasteiger partial charge on any atom is -0.491 e. The van der Waals surface area contributed by atoms with Crippen LogP contribution < -0.4 is 14.8 Å². The molecule has 0 fully saturated rings. The Morgan fingerprint density at radius 3 is 2.61 bits per heavy atom. The Morgan fingerprint density at radius 1 is 1.07 bits per heavy atom. The van der Waals surface area contributed by atoms with E-state index in [1.54, 1.807) is 0 Å². The molecule has 2 aromatic rings. The molecular weight excluding hydrogens is 350 g/mol. The molecule has 1 N–H and O–H groups in total. The summed E-state index contributed by atoms with van der Waals surface area (Å²) in [6.45, 7) is 6.95. The van der Waals surface area contributed by atoms with Crippen molar-refractivity contribution in [3.05, 3.63) is 58.7 Å². The van der Waals surface area contributed by atoms with E-state index >= 15 is 0 Å². The fraction of sp³-hybridized carbons (Fsp3) is 0.458. The number of amides is 1. The largest absolute Gasteiger partial charge is 0.491 e. The number of carbonyl (C=O) groups excluding carboxylic acids is 1. The van der Waals surface area contributed by atoms with E-state index < -0.39 is 6.10 Å². The average molecular weight is 382 g/mol. The third kappa shape index (κ3) is 5.28. The monoisotopic (exact) mass is 381 g/mol. The van der Waals surface area contributed by atoms with Gasteiger partial charge < -0.3 is 14.8 Å². The second-order valence-corrected chi connectivity index (χ2v) is 7.56. The van der Waals surface area contributed by atoms with E-state index in [1.165, 1.54) is 29.5 Å². The van der Waals surface area contributed by atoms with E-state index in [-0.39, 0.29) is 5.91 Å². The quantitative estimate of drug-likeness (QED) is 0.683. The maximum atomic E-state index is 12.5. The Bertz CT molecular complexity index is 815. The first-order valence-electron chi connectivity index (χ1n) is 10.3. The van der Waals surface area contributed by atoms with Crippen LogP contribution in [0.1, 0.15) is 48.4 Å². The number of carbonyl (C=O) groups is 1. The smallest absolute Gasteiger partial charge is 0.261 e. The lowest BCUT2D eigenvalue weighted by Gasteiger charge is -2.20. The summed E-state index contributed by atoms with van der Waals surface area (Å²) in [6, 6.07) is 12.3. The number of ether oxygens (including phenoxy) is 2. The van der Waals surface area contributed by atoms with Crippen LogP contribution in [0.15, 0.2) is 36.4 Å². The molecule has 0 saturated carbocycles. The molecule has 1 aliphatic rings. The standard InChI is InChI=1S/C24H31NO3/c1-4-22(28-21-11-10-19-7-5-6-8-20(19)16-21)24(26)25-13-14-27-23-12-9-17(2)15-18(23)3/h9-12,15-16,22H,4-8,13-14H2,1-3H3,(H,25,26)/t22-/m0/s1. The molecule has 1 amide bonds. The van der Waals surface area contributed by atoms with Gasteiger partial charge in [0.15, 0.2) is 6.10 Å². The highest BCUT2D eigenvalue weighted by atomic mass is 16.5. The van der Waals surface area contributed by atoms with Crippen molar-refractivity contribution in [2.45, 2.75) is 59.0 Å². The van der Waals surface area contributed by atoms with Gasteiger partial charge in [-0.15, -0.1) is 0 Å². The Balaban J connectivity index is 1.48. The number of aryl methyl sites for hydroxylation is 4. The van der Waals surface area contributed by atoms with Crippen LogP contribution in [0.2, 0.25) is 0 Å². The van der Waals surface area contributed by atoms with E-state index in [0.717, 1.165) is 29.9 Å². The summed E-state index contributed by atoms with van der Waals surface area (Å²) < 4.78 is 11.8. The van der Waals surface area contributed by atoms with Crippen molar-refractivity contribution in [1.82, 2.24) is 5.32 Å². The van der Waals surface area contributed by atoms with Gasteiger partial charge in [0.2, 0.25) is 0 Å². The SMILES string of the molecule is CC[C@H](Oc1ccc2c(c1)CCCC2)C(=O)NCCOc1ccc(C)cc1C. The predicted molar refractivity (Wildman–Crippen MR) is 112 cm³/mol. The molecule has 0 saturated heterocycles. The number of hydrogen-bond donors (Lipinski definition) is 1. The minimum atomic E-state index is -0.484. The van der Waals surface area contributed by atoms with Crippen LogP contribution in [0.5, 0.6) is 11.5 Å². The normalized spacial score (nSPS) is 14.1. The summed E-state index contributed by atoms with van der Waals surface area (Å²) in [5.74, 6) is 1.55. The van der Waals surface area contributed by atoms with Gasteiger partial charge in [0.05, 0.1) is 6.54 Å². The van der Waals surface area contributed by atoms with Gasteiger partial charge in [-0.1, -0.05) is 30.7 Å². The summed E-state index contributed by atoms with van der Waals surface area (Å²) in [5, 5.41) is 2.93. The Labute approximate surface area is 168 Å². The van der Waals surface area contributed by atoms with Crippen LogP contribution in [0, 0.1) is 13.8 Å². The van der Waals surface area contributed by atoms with Crippen LogP contribution >= 0.6 is 0 Å². The lowest BCUT2D eigenvalue weighted by atomic mass is 9.92. The van der Waals surface area contributed by atoms with Gasteiger partial charge in [-0.3, -0.25) is 4.79 Å². The number of hydrogen-bond acceptors (Lipinski definition) is 3. The molecule has 0 bridgehead atoms. The Kier molecular flexibility index (Phi) is 6.96. The molecule has 0 aromatic heterocycles. The second-order valence-electron chi connectivity index (χ2n) is 7.56. The van der Waals surface area contributed by atoms with Crippen molar-refractivity contribution >= 4 is 5.91 Å². The lowest BCUT2D eigenvalue weighted by molar-refractivity contribution is -0.128. The highest BCUT2D eigenvalue weighted by molar-refractivity contribution is 5.81. The highest BCUT2D eigenvalue weighted by Crippen LogP contribution is 2.26. The number of benzene rings is 2. The maximum Gasteiger partial charge on any atom is 0.261 e. The maximum absolute atomic E-state index is 12.5. The van der Waals surface area contributed by atoms with E-state index in [9.17, 15) is 4.79 Å². The molecule has 0 aliphatic heterocycles. The van der Waals surface area contributed by atoms with Crippen LogP contribution in [0.25, 0.3) is 0 Å². The van der Waals surface area contributed by atoms with Crippen molar-refractivity contribution in [3.63, 3.8) is 0 Å². The molecule has 4 nitrogen and oxygen atoms in total. The van der Waals surface area contributed by atoms with E-state index in [4.69, 9.17) is 9.47 Å². The van der Waals surface area contributed by atoms with Crippen LogP contribution in [0.4, 0.5) is 0 Å². The zero-order valence-electron chi connectivity index (χ0n) is 17.2. The summed E-state index contributed by atoms with van der Waals surface area (Å²) in [4.78, 5) is 12.5. The third-order valence-corrected chi connectivity index (χ3v) is 5.25. The highest BCUT2D eigenvalue weighted by Gasteiger charge is 2.19. The van der Waals surface area contributed by atoms with Crippen LogP contribution in [-0.4, -0.2) is 25.2 Å². The van der Waals surface area contributed by atoms with Crippen molar-refractivity contribution in [2.24, 2.45) is 0 Å². The molecule has 0 unspecified atom stereocenters. The van der Waals surface area contributed by atoms with Gasteiger partial charge in [0.1, 0.15) is 18.1 Å². The molecule has 0 radical (unpaired) electrons. The zero-order chi connectivity index (χ0) is 19.9. The zero-order valence-corrected chi connectivity index (χ0v) is 17.2. The van der Waals surface area contributed by atoms with E-state index in [1.807, 2.05) is 32.0 Å². The van der Waals surface area contributed by atoms with E-state index in [2.05, 4.69) is 30.4 Å². The van der Waals surface area contributed by atoms with Crippen LogP contribution in [-0.2, 0) is 17.6 Å². The van der Waals surface area contributed by atoms with Gasteiger partial charge in [0, 0.05) is 0 Å². The van der Waals surface area contributed by atoms with Crippen molar-refractivity contribution in [3.8, 4) is 11.5 Å². The van der Waals surface area contributed by atoms with Crippen molar-refractivity contribution in [2.75, 3.05) is 13.2 Å². The summed E-state index contributed by atoms with van der Waals surface area (Å²) in [5.41, 5.74) is 5.09. The third-order valence-electron chi connectivity index (χ3n) is 5.25. The number of fused-ring (bicyclic) bond motifs is 1. The average Bonchev–Trinajstić information content (AvgIpc) is 2.70. The molecular formula is C24H31NO3. The number of rotatable bonds is 8. The summed E-state index contributed by atoms with van der Waals surface area (Å²) >= 11 is 0. The van der Waals surface area contributed by atoms with Gasteiger partial charge >= 0.3 is 0 Å². The first-order valence-corrected chi connectivity index (χ1v) is 10.3. The Hall–Kier alpha value is -2.49. The fourth-order valence-corrected chi connectivity index (χ4v) is 3.68. The molecule has 2 aromatic carbocycles. The van der Waals surface area contributed by atoms with E-state index in [0.29, 0.717) is 19.6 Å². The van der Waals surface area contributed by atoms with Gasteiger partial charge in [-0.05, 0) is 80.8 Å². The van der Waals surface area contributed by atoms with Crippen LogP contribution in [0.3, 0.4) is 0 Å². The first kappa shape index (κ1) is 20.2. The first-order chi connectivity index (χ1) is 13.6. The molecule has 0 spiro atoms. The predicted octanol–water partition coefficient (Wildman–Crippen LogP) is 4.53. The van der Waals surface area contributed by atoms with Gasteiger partial charge in [-0.25, -0.2) is 0 Å². The van der Waals surface area contributed by atoms with Gasteiger partial charge in [0.25, 0.3) is 5.91 Å².